The number of aromatic carboxylic acids is 1. The molecule has 32 heavy (non-hydrogen) atoms. The van der Waals surface area contributed by atoms with Crippen LogP contribution in [0.4, 0.5) is 15.8 Å². The smallest absolute Gasteiger partial charge is 0.338 e. The molecule has 1 atom stereocenters. The summed E-state index contributed by atoms with van der Waals surface area (Å²) >= 11 is 1.50. The van der Waals surface area contributed by atoms with E-state index in [1.165, 1.54) is 24.1 Å². The van der Waals surface area contributed by atoms with E-state index in [0.717, 1.165) is 35.3 Å². The fourth-order valence-corrected chi connectivity index (χ4v) is 4.90. The number of halogens is 1. The molecule has 0 saturated heterocycles. The molecule has 0 bridgehead atoms. The summed E-state index contributed by atoms with van der Waals surface area (Å²) in [5, 5.41) is 20.2. The Morgan fingerprint density at radius 2 is 1.94 bits per heavy atom. The van der Waals surface area contributed by atoms with Crippen LogP contribution in [0.15, 0.2) is 65.6 Å². The van der Waals surface area contributed by atoms with E-state index in [-0.39, 0.29) is 11.8 Å². The molecule has 1 heterocycles. The van der Waals surface area contributed by atoms with Gasteiger partial charge >= 0.3 is 5.97 Å². The highest BCUT2D eigenvalue weighted by Crippen LogP contribution is 2.43. The van der Waals surface area contributed by atoms with E-state index in [1.807, 2.05) is 36.4 Å². The first kappa shape index (κ1) is 22.2. The Balaban J connectivity index is 1.81. The summed E-state index contributed by atoms with van der Waals surface area (Å²) in [5.41, 5.74) is 2.36. The Labute approximate surface area is 191 Å². The van der Waals surface area contributed by atoms with Crippen molar-refractivity contribution >= 4 is 29.3 Å². The highest BCUT2D eigenvalue weighted by Gasteiger charge is 2.26. The van der Waals surface area contributed by atoms with Gasteiger partial charge < -0.3 is 15.1 Å². The van der Waals surface area contributed by atoms with Crippen molar-refractivity contribution in [3.05, 3.63) is 72.0 Å². The number of nitrogens with zero attached hydrogens (tertiary/aromatic N) is 1. The van der Waals surface area contributed by atoms with Gasteiger partial charge in [-0.15, -0.1) is 0 Å². The van der Waals surface area contributed by atoms with Gasteiger partial charge in [-0.3, -0.25) is 4.72 Å². The molecule has 4 rings (SSSR count). The van der Waals surface area contributed by atoms with Crippen LogP contribution in [0.1, 0.15) is 30.6 Å². The van der Waals surface area contributed by atoms with E-state index in [4.69, 9.17) is 0 Å². The second-order valence-corrected chi connectivity index (χ2v) is 9.21. The van der Waals surface area contributed by atoms with Gasteiger partial charge in [0.25, 0.3) is 0 Å². The van der Waals surface area contributed by atoms with Gasteiger partial charge in [-0.2, -0.15) is 0 Å². The van der Waals surface area contributed by atoms with Crippen LogP contribution in [-0.2, 0) is 0 Å². The van der Waals surface area contributed by atoms with E-state index < -0.39 is 17.3 Å². The number of phenolic OH excluding ortho intramolecular Hbond substituents is 1. The highest BCUT2D eigenvalue weighted by molar-refractivity contribution is 7.97. The SMILES string of the molecule is CC(C)C[C@@H]1CN(c2ccccc2)c2cc(O)c(-c3ccc(F)c(C(=O)O)c3)cc2SN1. The van der Waals surface area contributed by atoms with Crippen LogP contribution in [0.5, 0.6) is 5.75 Å². The highest BCUT2D eigenvalue weighted by atomic mass is 32.2. The molecule has 1 aliphatic heterocycles. The molecule has 0 amide bonds. The van der Waals surface area contributed by atoms with Crippen LogP contribution in [0.25, 0.3) is 11.1 Å². The lowest BCUT2D eigenvalue weighted by molar-refractivity contribution is 0.0692. The first-order chi connectivity index (χ1) is 15.3. The molecule has 0 aromatic heterocycles. The minimum atomic E-state index is -1.35. The lowest BCUT2D eigenvalue weighted by Crippen LogP contribution is -2.35. The monoisotopic (exact) mass is 452 g/mol. The number of carboxylic acid groups (broad SMARTS) is 1. The second-order valence-electron chi connectivity index (χ2n) is 8.33. The van der Waals surface area contributed by atoms with Crippen molar-refractivity contribution in [2.75, 3.05) is 11.4 Å². The van der Waals surface area contributed by atoms with E-state index in [9.17, 15) is 19.4 Å². The molecule has 3 aromatic rings. The number of anilines is 2. The lowest BCUT2D eigenvalue weighted by atomic mass is 10.0. The average molecular weight is 453 g/mol. The molecule has 0 saturated carbocycles. The molecule has 3 N–H and O–H groups in total. The zero-order valence-electron chi connectivity index (χ0n) is 17.9. The van der Waals surface area contributed by atoms with Gasteiger partial charge in [-0.1, -0.05) is 38.1 Å². The standard InChI is InChI=1S/C25H25FN2O3S/c1-15(2)10-17-14-28(18-6-4-3-5-7-18)22-13-23(29)19(12-24(22)32-27-17)16-8-9-21(26)20(11-16)25(30)31/h3-9,11-13,15,17,27,29H,10,14H2,1-2H3,(H,30,31)/t17-/m1/s1. The number of nitrogens with one attached hydrogen (secondary N) is 1. The van der Waals surface area contributed by atoms with Gasteiger partial charge in [-0.25, -0.2) is 9.18 Å². The maximum Gasteiger partial charge on any atom is 0.338 e. The Bertz CT molecular complexity index is 1140. The third-order valence-corrected chi connectivity index (χ3v) is 6.44. The van der Waals surface area contributed by atoms with Crippen molar-refractivity contribution in [3.63, 3.8) is 0 Å². The number of rotatable bonds is 5. The molecule has 166 valence electrons. The van der Waals surface area contributed by atoms with Crippen molar-refractivity contribution < 1.29 is 19.4 Å². The summed E-state index contributed by atoms with van der Waals surface area (Å²) in [7, 11) is 0. The van der Waals surface area contributed by atoms with Crippen LogP contribution in [-0.4, -0.2) is 28.8 Å². The van der Waals surface area contributed by atoms with Gasteiger partial charge in [0.1, 0.15) is 11.6 Å². The van der Waals surface area contributed by atoms with Crippen LogP contribution in [0, 0.1) is 11.7 Å². The summed E-state index contributed by atoms with van der Waals surface area (Å²) in [6.07, 6.45) is 0.989. The maximum absolute atomic E-state index is 13.9. The number of benzene rings is 3. The van der Waals surface area contributed by atoms with Crippen molar-refractivity contribution in [2.45, 2.75) is 31.2 Å². The van der Waals surface area contributed by atoms with Crippen LogP contribution >= 0.6 is 11.9 Å². The summed E-state index contributed by atoms with van der Waals surface area (Å²) in [6.45, 7) is 5.12. The molecule has 3 aromatic carbocycles. The zero-order chi connectivity index (χ0) is 22.8. The molecule has 0 spiro atoms. The largest absolute Gasteiger partial charge is 0.507 e. The number of carbonyl (C=O) groups is 1. The summed E-state index contributed by atoms with van der Waals surface area (Å²) < 4.78 is 17.4. The predicted octanol–water partition coefficient (Wildman–Crippen LogP) is 6.06. The number of carboxylic acids is 1. The van der Waals surface area contributed by atoms with Gasteiger partial charge in [-0.05, 0) is 60.2 Å². The minimum Gasteiger partial charge on any atom is -0.507 e. The summed E-state index contributed by atoms with van der Waals surface area (Å²) in [5.74, 6) is -1.63. The Kier molecular flexibility index (Phi) is 6.39. The summed E-state index contributed by atoms with van der Waals surface area (Å²) in [6, 6.07) is 17.6. The Hall–Kier alpha value is -3.03. The van der Waals surface area contributed by atoms with Crippen molar-refractivity contribution in [1.82, 2.24) is 4.72 Å². The lowest BCUT2D eigenvalue weighted by Gasteiger charge is -2.28. The predicted molar refractivity (Wildman–Crippen MR) is 126 cm³/mol. The molecule has 0 aliphatic carbocycles. The number of hydrogen-bond donors (Lipinski definition) is 3. The first-order valence-electron chi connectivity index (χ1n) is 10.5. The fraction of sp³-hybridized carbons (Fsp3) is 0.240. The Morgan fingerprint density at radius 1 is 1.19 bits per heavy atom. The fourth-order valence-electron chi connectivity index (χ4n) is 3.98. The van der Waals surface area contributed by atoms with E-state index in [2.05, 4.69) is 23.5 Å². The molecule has 1 aliphatic rings. The molecule has 0 fully saturated rings. The molecule has 5 nitrogen and oxygen atoms in total. The average Bonchev–Trinajstić information content (AvgIpc) is 2.93. The number of para-hydroxylation sites is 1. The third-order valence-electron chi connectivity index (χ3n) is 5.44. The van der Waals surface area contributed by atoms with Gasteiger partial charge in [0, 0.05) is 34.8 Å². The number of fused-ring (bicyclic) bond motifs is 1. The van der Waals surface area contributed by atoms with Gasteiger partial charge in [0.2, 0.25) is 0 Å². The van der Waals surface area contributed by atoms with Gasteiger partial charge in [0.15, 0.2) is 0 Å². The van der Waals surface area contributed by atoms with E-state index in [0.29, 0.717) is 17.0 Å². The van der Waals surface area contributed by atoms with Crippen LogP contribution in [0.3, 0.4) is 0 Å². The molecule has 0 radical (unpaired) electrons. The molecule has 7 heteroatoms. The summed E-state index contributed by atoms with van der Waals surface area (Å²) in [4.78, 5) is 14.5. The number of phenols is 1. The normalized spacial score (nSPS) is 16.0. The zero-order valence-corrected chi connectivity index (χ0v) is 18.7. The number of hydrogen-bond acceptors (Lipinski definition) is 5. The van der Waals surface area contributed by atoms with E-state index >= 15 is 0 Å². The third kappa shape index (κ3) is 4.59. The van der Waals surface area contributed by atoms with Crippen LogP contribution in [0.2, 0.25) is 0 Å². The first-order valence-corrected chi connectivity index (χ1v) is 11.3. The number of aromatic hydroxyl groups is 1. The topological polar surface area (TPSA) is 72.8 Å². The molecular formula is C25H25FN2O3S. The minimum absolute atomic E-state index is 0.00976. The second kappa shape index (κ2) is 9.22. The molecular weight excluding hydrogens is 427 g/mol. The van der Waals surface area contributed by atoms with Crippen LogP contribution < -0.4 is 9.62 Å². The van der Waals surface area contributed by atoms with Gasteiger partial charge in [0.05, 0.1) is 11.3 Å². The molecule has 0 unspecified atom stereocenters. The van der Waals surface area contributed by atoms with Crippen molar-refractivity contribution in [3.8, 4) is 16.9 Å². The Morgan fingerprint density at radius 3 is 2.62 bits per heavy atom. The van der Waals surface area contributed by atoms with E-state index in [1.54, 1.807) is 6.07 Å². The quantitative estimate of drug-likeness (QED) is 0.409. The van der Waals surface area contributed by atoms with Crippen molar-refractivity contribution in [2.24, 2.45) is 5.92 Å². The van der Waals surface area contributed by atoms with Crippen molar-refractivity contribution in [1.29, 1.82) is 0 Å². The maximum atomic E-state index is 13.9.